The Morgan fingerprint density at radius 1 is 1.27 bits per heavy atom. The average Bonchev–Trinajstić information content (AvgIpc) is 3.34. The molecule has 0 aromatic heterocycles. The third kappa shape index (κ3) is 3.24. The summed E-state index contributed by atoms with van der Waals surface area (Å²) in [4.78, 5) is 24.2. The summed E-state index contributed by atoms with van der Waals surface area (Å²) < 4.78 is 9.91. The van der Waals surface area contributed by atoms with Crippen molar-refractivity contribution in [2.75, 3.05) is 14.2 Å². The Labute approximate surface area is 131 Å². The predicted octanol–water partition coefficient (Wildman–Crippen LogP) is 2.26. The number of hydrogen-bond donors (Lipinski definition) is 1. The normalized spacial score (nSPS) is 22.4. The number of ether oxygens (including phenoxy) is 2. The molecule has 1 N–H and O–H groups in total. The lowest BCUT2D eigenvalue weighted by atomic mass is 9.98. The van der Waals surface area contributed by atoms with Crippen LogP contribution >= 0.6 is 0 Å². The van der Waals surface area contributed by atoms with E-state index in [4.69, 9.17) is 9.47 Å². The Hall–Kier alpha value is -2.04. The van der Waals surface area contributed by atoms with Gasteiger partial charge in [0.2, 0.25) is 5.91 Å². The number of amides is 1. The van der Waals surface area contributed by atoms with Crippen LogP contribution in [0.3, 0.4) is 0 Å². The second kappa shape index (κ2) is 6.38. The highest BCUT2D eigenvalue weighted by Gasteiger charge is 2.46. The summed E-state index contributed by atoms with van der Waals surface area (Å²) in [6.45, 7) is 3.55. The molecule has 0 spiro atoms. The van der Waals surface area contributed by atoms with Crippen molar-refractivity contribution in [1.29, 1.82) is 0 Å². The molecule has 5 nitrogen and oxygen atoms in total. The van der Waals surface area contributed by atoms with E-state index in [0.29, 0.717) is 6.42 Å². The summed E-state index contributed by atoms with van der Waals surface area (Å²) in [6, 6.07) is 7.76. The quantitative estimate of drug-likeness (QED) is 0.819. The van der Waals surface area contributed by atoms with Crippen molar-refractivity contribution in [3.8, 4) is 5.75 Å². The molecule has 1 amide bonds. The molecule has 2 rings (SSSR count). The first-order valence-corrected chi connectivity index (χ1v) is 7.49. The lowest BCUT2D eigenvalue weighted by Gasteiger charge is -2.26. The molecule has 22 heavy (non-hydrogen) atoms. The first-order valence-electron chi connectivity index (χ1n) is 7.49. The van der Waals surface area contributed by atoms with Crippen LogP contribution in [0.2, 0.25) is 0 Å². The standard InChI is InChI=1S/C17H23NO4/c1-5-17(2,16(20)22-4)18-15(19)14-10-13(14)11-6-8-12(21-3)9-7-11/h6-9,13-14H,5,10H2,1-4H3,(H,18,19)/t13-,14-,17-/m0/s1. The number of rotatable bonds is 6. The Bertz CT molecular complexity index is 554. The van der Waals surface area contributed by atoms with E-state index in [9.17, 15) is 9.59 Å². The highest BCUT2D eigenvalue weighted by molar-refractivity contribution is 5.90. The van der Waals surface area contributed by atoms with Crippen LogP contribution in [0.4, 0.5) is 0 Å². The van der Waals surface area contributed by atoms with Crippen LogP contribution in [0, 0.1) is 5.92 Å². The van der Waals surface area contributed by atoms with Crippen molar-refractivity contribution in [3.63, 3.8) is 0 Å². The molecule has 1 aromatic carbocycles. The number of hydrogen-bond acceptors (Lipinski definition) is 4. The lowest BCUT2D eigenvalue weighted by molar-refractivity contribution is -0.150. The maximum Gasteiger partial charge on any atom is 0.331 e. The summed E-state index contributed by atoms with van der Waals surface area (Å²) in [5.74, 6) is 0.434. The Kier molecular flexibility index (Phi) is 4.74. The van der Waals surface area contributed by atoms with Crippen LogP contribution in [0.5, 0.6) is 5.75 Å². The van der Waals surface area contributed by atoms with E-state index in [1.165, 1.54) is 7.11 Å². The van der Waals surface area contributed by atoms with E-state index in [1.807, 2.05) is 31.2 Å². The summed E-state index contributed by atoms with van der Waals surface area (Å²) in [6.07, 6.45) is 1.30. The third-order valence-corrected chi connectivity index (χ3v) is 4.41. The minimum absolute atomic E-state index is 0.0797. The van der Waals surface area contributed by atoms with Crippen molar-refractivity contribution in [3.05, 3.63) is 29.8 Å². The van der Waals surface area contributed by atoms with Crippen LogP contribution in [-0.2, 0) is 14.3 Å². The number of benzene rings is 1. The molecule has 1 aromatic rings. The van der Waals surface area contributed by atoms with Gasteiger partial charge in [-0.1, -0.05) is 19.1 Å². The van der Waals surface area contributed by atoms with E-state index in [1.54, 1.807) is 14.0 Å². The molecule has 1 saturated carbocycles. The van der Waals surface area contributed by atoms with Crippen LogP contribution < -0.4 is 10.1 Å². The Morgan fingerprint density at radius 2 is 1.91 bits per heavy atom. The van der Waals surface area contributed by atoms with E-state index >= 15 is 0 Å². The smallest absolute Gasteiger partial charge is 0.331 e. The van der Waals surface area contributed by atoms with E-state index < -0.39 is 11.5 Å². The minimum atomic E-state index is -0.959. The molecule has 0 radical (unpaired) electrons. The zero-order valence-electron chi connectivity index (χ0n) is 13.5. The van der Waals surface area contributed by atoms with Gasteiger partial charge in [-0.3, -0.25) is 4.79 Å². The maximum atomic E-state index is 12.4. The van der Waals surface area contributed by atoms with E-state index in [2.05, 4.69) is 5.32 Å². The van der Waals surface area contributed by atoms with E-state index in [0.717, 1.165) is 17.7 Å². The van der Waals surface area contributed by atoms with Crippen molar-refractivity contribution in [2.45, 2.75) is 38.1 Å². The molecule has 1 aliphatic carbocycles. The van der Waals surface area contributed by atoms with Gasteiger partial charge in [0.1, 0.15) is 11.3 Å². The van der Waals surface area contributed by atoms with Crippen LogP contribution in [-0.4, -0.2) is 31.6 Å². The first kappa shape index (κ1) is 16.3. The van der Waals surface area contributed by atoms with Gasteiger partial charge in [0, 0.05) is 5.92 Å². The highest BCUT2D eigenvalue weighted by Crippen LogP contribution is 2.48. The zero-order valence-corrected chi connectivity index (χ0v) is 13.5. The molecule has 0 unspecified atom stereocenters. The number of carbonyl (C=O) groups is 2. The zero-order chi connectivity index (χ0) is 16.3. The van der Waals surface area contributed by atoms with Gasteiger partial charge in [0.25, 0.3) is 0 Å². The third-order valence-electron chi connectivity index (χ3n) is 4.41. The Balaban J connectivity index is 1.99. The van der Waals surface area contributed by atoms with Crippen LogP contribution in [0.15, 0.2) is 24.3 Å². The van der Waals surface area contributed by atoms with Gasteiger partial charge in [0.15, 0.2) is 0 Å². The molecular weight excluding hydrogens is 282 g/mol. The fourth-order valence-electron chi connectivity index (χ4n) is 2.58. The van der Waals surface area contributed by atoms with Gasteiger partial charge < -0.3 is 14.8 Å². The number of carbonyl (C=O) groups excluding carboxylic acids is 2. The van der Waals surface area contributed by atoms with Crippen molar-refractivity contribution < 1.29 is 19.1 Å². The van der Waals surface area contributed by atoms with E-state index in [-0.39, 0.29) is 17.7 Å². The molecule has 120 valence electrons. The lowest BCUT2D eigenvalue weighted by Crippen LogP contribution is -2.52. The van der Waals surface area contributed by atoms with Gasteiger partial charge >= 0.3 is 5.97 Å². The molecule has 3 atom stereocenters. The second-order valence-corrected chi connectivity index (χ2v) is 5.89. The van der Waals surface area contributed by atoms with Crippen LogP contribution in [0.1, 0.15) is 38.2 Å². The first-order chi connectivity index (χ1) is 10.4. The molecule has 0 heterocycles. The van der Waals surface area contributed by atoms with Gasteiger partial charge in [0.05, 0.1) is 14.2 Å². The molecule has 5 heteroatoms. The van der Waals surface area contributed by atoms with Crippen molar-refractivity contribution >= 4 is 11.9 Å². The summed E-state index contributed by atoms with van der Waals surface area (Å²) >= 11 is 0. The minimum Gasteiger partial charge on any atom is -0.497 e. The van der Waals surface area contributed by atoms with Gasteiger partial charge in [-0.15, -0.1) is 0 Å². The molecule has 1 aliphatic rings. The molecule has 0 aliphatic heterocycles. The van der Waals surface area contributed by atoms with Crippen molar-refractivity contribution in [1.82, 2.24) is 5.32 Å². The monoisotopic (exact) mass is 305 g/mol. The summed E-state index contributed by atoms with van der Waals surface area (Å²) in [5.41, 5.74) is 0.163. The fraction of sp³-hybridized carbons (Fsp3) is 0.529. The molecular formula is C17H23NO4. The molecule has 0 saturated heterocycles. The molecule has 1 fully saturated rings. The largest absolute Gasteiger partial charge is 0.497 e. The summed E-state index contributed by atoms with van der Waals surface area (Å²) in [5, 5.41) is 2.84. The second-order valence-electron chi connectivity index (χ2n) is 5.89. The Morgan fingerprint density at radius 3 is 2.41 bits per heavy atom. The molecule has 0 bridgehead atoms. The van der Waals surface area contributed by atoms with Gasteiger partial charge in [-0.05, 0) is 43.4 Å². The maximum absolute atomic E-state index is 12.4. The van der Waals surface area contributed by atoms with Gasteiger partial charge in [-0.25, -0.2) is 4.79 Å². The number of esters is 1. The highest BCUT2D eigenvalue weighted by atomic mass is 16.5. The van der Waals surface area contributed by atoms with Gasteiger partial charge in [-0.2, -0.15) is 0 Å². The van der Waals surface area contributed by atoms with Crippen molar-refractivity contribution in [2.24, 2.45) is 5.92 Å². The number of nitrogens with one attached hydrogen (secondary N) is 1. The average molecular weight is 305 g/mol. The van der Waals surface area contributed by atoms with Crippen LogP contribution in [0.25, 0.3) is 0 Å². The fourth-order valence-corrected chi connectivity index (χ4v) is 2.58. The SMILES string of the molecule is CC[C@](C)(NC(=O)[C@H]1C[C@H]1c1ccc(OC)cc1)C(=O)OC. The number of methoxy groups -OCH3 is 2. The predicted molar refractivity (Wildman–Crippen MR) is 82.7 cm³/mol. The topological polar surface area (TPSA) is 64.6 Å². The summed E-state index contributed by atoms with van der Waals surface area (Å²) in [7, 11) is 2.96.